The van der Waals surface area contributed by atoms with E-state index >= 15 is 0 Å². The minimum Gasteiger partial charge on any atom is -0.451 e. The summed E-state index contributed by atoms with van der Waals surface area (Å²) in [4.78, 5) is 38.9. The molecule has 0 aliphatic carbocycles. The molecule has 0 radical (unpaired) electrons. The van der Waals surface area contributed by atoms with Crippen molar-refractivity contribution in [3.8, 4) is 0 Å². The Hall–Kier alpha value is -3.61. The molecule has 28 heavy (non-hydrogen) atoms. The molecule has 1 heterocycles. The first kappa shape index (κ1) is 19.2. The largest absolute Gasteiger partial charge is 0.451 e. The van der Waals surface area contributed by atoms with Gasteiger partial charge in [0.05, 0.1) is 6.54 Å². The highest BCUT2D eigenvalue weighted by molar-refractivity contribution is 5.97. The molecule has 7 nitrogen and oxygen atoms in total. The highest BCUT2D eigenvalue weighted by Gasteiger charge is 2.14. The summed E-state index contributed by atoms with van der Waals surface area (Å²) in [5.74, 6) is -1.54. The SMILES string of the molecule is Cc1cccc(C)c1NC(=O)CNC(=O)COC(=O)c1cc2ccccc2[nH]1. The number of aromatic nitrogens is 1. The molecule has 0 saturated heterocycles. The molecule has 7 heteroatoms. The Morgan fingerprint density at radius 3 is 2.39 bits per heavy atom. The molecule has 0 aliphatic rings. The zero-order valence-corrected chi connectivity index (χ0v) is 15.7. The average molecular weight is 379 g/mol. The van der Waals surface area contributed by atoms with Gasteiger partial charge < -0.3 is 20.4 Å². The van der Waals surface area contributed by atoms with Gasteiger partial charge in [-0.05, 0) is 37.1 Å². The molecule has 144 valence electrons. The van der Waals surface area contributed by atoms with Crippen LogP contribution in [0.25, 0.3) is 10.9 Å². The number of hydrogen-bond donors (Lipinski definition) is 3. The number of rotatable bonds is 6. The number of hydrogen-bond acceptors (Lipinski definition) is 4. The van der Waals surface area contributed by atoms with E-state index in [-0.39, 0.29) is 18.1 Å². The van der Waals surface area contributed by atoms with Gasteiger partial charge >= 0.3 is 5.97 Å². The van der Waals surface area contributed by atoms with Crippen LogP contribution in [0.15, 0.2) is 48.5 Å². The fraction of sp³-hybridized carbons (Fsp3) is 0.190. The molecule has 0 aliphatic heterocycles. The van der Waals surface area contributed by atoms with E-state index in [4.69, 9.17) is 4.74 Å². The van der Waals surface area contributed by atoms with Gasteiger partial charge in [0.2, 0.25) is 5.91 Å². The fourth-order valence-electron chi connectivity index (χ4n) is 2.82. The summed E-state index contributed by atoms with van der Waals surface area (Å²) in [7, 11) is 0. The van der Waals surface area contributed by atoms with Gasteiger partial charge in [0.1, 0.15) is 5.69 Å². The predicted molar refractivity (Wildman–Crippen MR) is 106 cm³/mol. The second-order valence-electron chi connectivity index (χ2n) is 6.44. The Balaban J connectivity index is 1.46. The minimum absolute atomic E-state index is 0.212. The molecule has 0 spiro atoms. The number of para-hydroxylation sites is 2. The second kappa shape index (κ2) is 8.39. The van der Waals surface area contributed by atoms with E-state index in [9.17, 15) is 14.4 Å². The van der Waals surface area contributed by atoms with Crippen molar-refractivity contribution in [1.29, 1.82) is 0 Å². The third-order valence-corrected chi connectivity index (χ3v) is 4.28. The second-order valence-corrected chi connectivity index (χ2v) is 6.44. The monoisotopic (exact) mass is 379 g/mol. The molecule has 0 bridgehead atoms. The van der Waals surface area contributed by atoms with E-state index in [1.54, 1.807) is 6.07 Å². The third kappa shape index (κ3) is 4.56. The van der Waals surface area contributed by atoms with Crippen molar-refractivity contribution in [1.82, 2.24) is 10.3 Å². The number of nitrogens with one attached hydrogen (secondary N) is 3. The lowest BCUT2D eigenvalue weighted by Gasteiger charge is -2.12. The number of esters is 1. The number of ether oxygens (including phenoxy) is 1. The average Bonchev–Trinajstić information content (AvgIpc) is 3.12. The first-order valence-corrected chi connectivity index (χ1v) is 8.81. The van der Waals surface area contributed by atoms with Crippen molar-refractivity contribution in [2.45, 2.75) is 13.8 Å². The number of carbonyl (C=O) groups excluding carboxylic acids is 3. The van der Waals surface area contributed by atoms with Crippen LogP contribution in [0.4, 0.5) is 5.69 Å². The Morgan fingerprint density at radius 2 is 1.68 bits per heavy atom. The van der Waals surface area contributed by atoms with Crippen LogP contribution in [0, 0.1) is 13.8 Å². The molecule has 3 rings (SSSR count). The fourth-order valence-corrected chi connectivity index (χ4v) is 2.82. The van der Waals surface area contributed by atoms with Gasteiger partial charge in [-0.1, -0.05) is 36.4 Å². The van der Waals surface area contributed by atoms with Gasteiger partial charge in [-0.25, -0.2) is 4.79 Å². The van der Waals surface area contributed by atoms with Gasteiger partial charge in [-0.2, -0.15) is 0 Å². The van der Waals surface area contributed by atoms with Crippen molar-refractivity contribution in [2.24, 2.45) is 0 Å². The Bertz CT molecular complexity index is 986. The molecule has 2 aromatic carbocycles. The minimum atomic E-state index is -0.633. The van der Waals surface area contributed by atoms with Gasteiger partial charge in [0.15, 0.2) is 6.61 Å². The molecule has 0 saturated carbocycles. The van der Waals surface area contributed by atoms with Crippen LogP contribution in [0.3, 0.4) is 0 Å². The lowest BCUT2D eigenvalue weighted by atomic mass is 10.1. The summed E-state index contributed by atoms with van der Waals surface area (Å²) in [6, 6.07) is 14.8. The normalized spacial score (nSPS) is 10.5. The van der Waals surface area contributed by atoms with Gasteiger partial charge in [0.25, 0.3) is 5.91 Å². The quantitative estimate of drug-likeness (QED) is 0.573. The van der Waals surface area contributed by atoms with Crippen LogP contribution in [-0.4, -0.2) is 35.9 Å². The van der Waals surface area contributed by atoms with Crippen LogP contribution in [0.2, 0.25) is 0 Å². The summed E-state index contributed by atoms with van der Waals surface area (Å²) in [6.45, 7) is 3.11. The number of aromatic amines is 1. The van der Waals surface area contributed by atoms with E-state index < -0.39 is 18.5 Å². The van der Waals surface area contributed by atoms with Crippen molar-refractivity contribution in [3.05, 3.63) is 65.4 Å². The van der Waals surface area contributed by atoms with Gasteiger partial charge in [0, 0.05) is 16.6 Å². The molecular weight excluding hydrogens is 358 g/mol. The van der Waals surface area contributed by atoms with Crippen molar-refractivity contribution in [2.75, 3.05) is 18.5 Å². The Labute approximate surface area is 162 Å². The molecule has 0 atom stereocenters. The summed E-state index contributed by atoms with van der Waals surface area (Å²) in [5, 5.41) is 6.09. The van der Waals surface area contributed by atoms with E-state index in [0.717, 1.165) is 27.7 Å². The molecule has 0 fully saturated rings. The molecule has 3 aromatic rings. The first-order valence-electron chi connectivity index (χ1n) is 8.81. The zero-order valence-electron chi connectivity index (χ0n) is 15.7. The smallest absolute Gasteiger partial charge is 0.355 e. The van der Waals surface area contributed by atoms with E-state index in [1.807, 2.05) is 56.3 Å². The van der Waals surface area contributed by atoms with Crippen LogP contribution in [0.5, 0.6) is 0 Å². The van der Waals surface area contributed by atoms with E-state index in [2.05, 4.69) is 15.6 Å². The Morgan fingerprint density at radius 1 is 0.964 bits per heavy atom. The summed E-state index contributed by atoms with van der Waals surface area (Å²) >= 11 is 0. The maximum absolute atomic E-state index is 12.1. The van der Waals surface area contributed by atoms with Gasteiger partial charge in [-0.15, -0.1) is 0 Å². The van der Waals surface area contributed by atoms with Crippen LogP contribution in [-0.2, 0) is 14.3 Å². The molecular formula is C21H21N3O4. The summed E-state index contributed by atoms with van der Waals surface area (Å²) in [5.41, 5.74) is 3.68. The molecule has 2 amide bonds. The van der Waals surface area contributed by atoms with Crippen LogP contribution < -0.4 is 10.6 Å². The highest BCUT2D eigenvalue weighted by atomic mass is 16.5. The van der Waals surface area contributed by atoms with E-state index in [1.165, 1.54) is 0 Å². The van der Waals surface area contributed by atoms with Crippen molar-refractivity contribution in [3.63, 3.8) is 0 Å². The maximum atomic E-state index is 12.1. The summed E-state index contributed by atoms with van der Waals surface area (Å²) in [6.07, 6.45) is 0. The number of amides is 2. The lowest BCUT2D eigenvalue weighted by Crippen LogP contribution is -2.35. The molecule has 3 N–H and O–H groups in total. The standard InChI is InChI=1S/C21H21N3O4/c1-13-6-5-7-14(2)20(13)24-18(25)11-22-19(26)12-28-21(27)17-10-15-8-3-4-9-16(15)23-17/h3-10,23H,11-12H2,1-2H3,(H,22,26)(H,24,25). The molecule has 0 unspecified atom stereocenters. The third-order valence-electron chi connectivity index (χ3n) is 4.28. The topological polar surface area (TPSA) is 100 Å². The molecule has 1 aromatic heterocycles. The van der Waals surface area contributed by atoms with Gasteiger partial charge in [-0.3, -0.25) is 9.59 Å². The highest BCUT2D eigenvalue weighted by Crippen LogP contribution is 2.19. The van der Waals surface area contributed by atoms with Crippen LogP contribution >= 0.6 is 0 Å². The van der Waals surface area contributed by atoms with E-state index in [0.29, 0.717) is 0 Å². The lowest BCUT2D eigenvalue weighted by molar-refractivity contribution is -0.126. The number of carbonyl (C=O) groups is 3. The Kier molecular flexibility index (Phi) is 5.74. The first-order chi connectivity index (χ1) is 13.4. The number of benzene rings is 2. The number of H-pyrrole nitrogens is 1. The van der Waals surface area contributed by atoms with Crippen molar-refractivity contribution < 1.29 is 19.1 Å². The zero-order chi connectivity index (χ0) is 20.1. The van der Waals surface area contributed by atoms with Crippen molar-refractivity contribution >= 4 is 34.4 Å². The number of fused-ring (bicyclic) bond motifs is 1. The number of anilines is 1. The predicted octanol–water partition coefficient (Wildman–Crippen LogP) is 2.70. The number of aryl methyl sites for hydroxylation is 2. The van der Waals surface area contributed by atoms with Crippen LogP contribution in [0.1, 0.15) is 21.6 Å². The maximum Gasteiger partial charge on any atom is 0.355 e. The summed E-state index contributed by atoms with van der Waals surface area (Å²) < 4.78 is 4.99.